The van der Waals surface area contributed by atoms with E-state index in [0.29, 0.717) is 18.1 Å². The van der Waals surface area contributed by atoms with Crippen molar-refractivity contribution in [2.24, 2.45) is 5.92 Å². The second-order valence-electron chi connectivity index (χ2n) is 5.64. The van der Waals surface area contributed by atoms with Crippen LogP contribution in [0.25, 0.3) is 5.57 Å². The van der Waals surface area contributed by atoms with Gasteiger partial charge in [-0.25, -0.2) is 4.79 Å². The van der Waals surface area contributed by atoms with Gasteiger partial charge in [-0.05, 0) is 24.0 Å². The Kier molecular flexibility index (Phi) is 5.54. The fourth-order valence-corrected chi connectivity index (χ4v) is 2.20. The second kappa shape index (κ2) is 7.60. The maximum Gasteiger partial charge on any atom is 0.339 e. The minimum atomic E-state index is -0.263. The number of carbonyl (C=O) groups excluding carboxylic acids is 1. The minimum absolute atomic E-state index is 0.263. The van der Waals surface area contributed by atoms with E-state index in [-0.39, 0.29) is 5.97 Å². The lowest BCUT2D eigenvalue weighted by molar-refractivity contribution is -0.137. The summed E-state index contributed by atoms with van der Waals surface area (Å²) in [6.45, 7) is 6.46. The van der Waals surface area contributed by atoms with Gasteiger partial charge in [0.15, 0.2) is 0 Å². The first-order valence-corrected chi connectivity index (χ1v) is 7.57. The molecule has 0 N–H and O–H groups in total. The lowest BCUT2D eigenvalue weighted by Gasteiger charge is -2.15. The minimum Gasteiger partial charge on any atom is -0.457 e. The molecule has 114 valence electrons. The first-order valence-electron chi connectivity index (χ1n) is 7.57. The van der Waals surface area contributed by atoms with Gasteiger partial charge in [-0.1, -0.05) is 80.1 Å². The van der Waals surface area contributed by atoms with Crippen LogP contribution in [0.5, 0.6) is 0 Å². The van der Waals surface area contributed by atoms with E-state index in [0.717, 1.165) is 16.7 Å². The average molecular weight is 294 g/mol. The number of esters is 1. The molecule has 2 aromatic carbocycles. The molecule has 0 radical (unpaired) electrons. The lowest BCUT2D eigenvalue weighted by Crippen LogP contribution is -2.11. The molecule has 0 aliphatic carbocycles. The molecule has 2 rings (SSSR count). The van der Waals surface area contributed by atoms with Gasteiger partial charge in [0.05, 0.1) is 5.57 Å². The summed E-state index contributed by atoms with van der Waals surface area (Å²) in [6, 6.07) is 19.5. The third-order valence-electron chi connectivity index (χ3n) is 3.74. The molecule has 0 amide bonds. The van der Waals surface area contributed by atoms with Crippen LogP contribution in [0.15, 0.2) is 66.2 Å². The fourth-order valence-electron chi connectivity index (χ4n) is 2.20. The highest BCUT2D eigenvalue weighted by molar-refractivity contribution is 6.17. The molecule has 0 spiro atoms. The van der Waals surface area contributed by atoms with Crippen molar-refractivity contribution >= 4 is 11.5 Å². The third-order valence-corrected chi connectivity index (χ3v) is 3.74. The van der Waals surface area contributed by atoms with Crippen LogP contribution < -0.4 is 0 Å². The smallest absolute Gasteiger partial charge is 0.339 e. The van der Waals surface area contributed by atoms with Gasteiger partial charge >= 0.3 is 5.97 Å². The van der Waals surface area contributed by atoms with Crippen molar-refractivity contribution < 1.29 is 9.53 Å². The van der Waals surface area contributed by atoms with E-state index < -0.39 is 0 Å². The van der Waals surface area contributed by atoms with E-state index in [1.165, 1.54) is 0 Å². The molecule has 0 bridgehead atoms. The lowest BCUT2D eigenvalue weighted by atomic mass is 9.94. The summed E-state index contributed by atoms with van der Waals surface area (Å²) in [5.41, 5.74) is 3.62. The summed E-state index contributed by atoms with van der Waals surface area (Å²) in [7, 11) is 0. The van der Waals surface area contributed by atoms with E-state index in [2.05, 4.69) is 13.8 Å². The largest absolute Gasteiger partial charge is 0.457 e. The summed E-state index contributed by atoms with van der Waals surface area (Å²) in [4.78, 5) is 12.6. The van der Waals surface area contributed by atoms with Gasteiger partial charge in [0.25, 0.3) is 0 Å². The highest BCUT2D eigenvalue weighted by Crippen LogP contribution is 2.25. The summed E-state index contributed by atoms with van der Waals surface area (Å²) >= 11 is 0. The topological polar surface area (TPSA) is 26.3 Å². The first kappa shape index (κ1) is 16.0. The Morgan fingerprint density at radius 1 is 0.955 bits per heavy atom. The molecule has 0 aliphatic heterocycles. The highest BCUT2D eigenvalue weighted by atomic mass is 16.5. The highest BCUT2D eigenvalue weighted by Gasteiger charge is 2.18. The summed E-state index contributed by atoms with van der Waals surface area (Å²) < 4.78 is 5.52. The number of carbonyl (C=O) groups is 1. The normalized spacial score (nSPS) is 12.0. The van der Waals surface area contributed by atoms with Crippen molar-refractivity contribution in [3.8, 4) is 0 Å². The van der Waals surface area contributed by atoms with Gasteiger partial charge < -0.3 is 4.74 Å². The Labute approximate surface area is 132 Å². The van der Waals surface area contributed by atoms with E-state index in [1.54, 1.807) is 0 Å². The predicted octanol–water partition coefficient (Wildman–Crippen LogP) is 4.86. The molecule has 0 aromatic heterocycles. The Hall–Kier alpha value is -2.35. The number of allylic oxidation sites excluding steroid dienone is 1. The van der Waals surface area contributed by atoms with Crippen LogP contribution in [0.2, 0.25) is 0 Å². The zero-order valence-corrected chi connectivity index (χ0v) is 13.4. The van der Waals surface area contributed by atoms with E-state index in [1.807, 2.05) is 67.6 Å². The van der Waals surface area contributed by atoms with Crippen LogP contribution in [-0.2, 0) is 16.1 Å². The molecule has 0 unspecified atom stereocenters. The molecule has 0 saturated heterocycles. The zero-order valence-electron chi connectivity index (χ0n) is 13.4. The van der Waals surface area contributed by atoms with Gasteiger partial charge in [0, 0.05) is 0 Å². The summed E-state index contributed by atoms with van der Waals surface area (Å²) in [6.07, 6.45) is 0. The average Bonchev–Trinajstić information content (AvgIpc) is 2.55. The van der Waals surface area contributed by atoms with Crippen molar-refractivity contribution in [3.05, 3.63) is 77.4 Å². The van der Waals surface area contributed by atoms with E-state index >= 15 is 0 Å². The Morgan fingerprint density at radius 2 is 1.50 bits per heavy atom. The van der Waals surface area contributed by atoms with Gasteiger partial charge in [-0.3, -0.25) is 0 Å². The molecule has 2 aromatic rings. The molecule has 0 aliphatic rings. The number of rotatable bonds is 5. The van der Waals surface area contributed by atoms with Crippen LogP contribution in [0.3, 0.4) is 0 Å². The Bertz CT molecular complexity index is 640. The molecular formula is C20H22O2. The SMILES string of the molecule is CC(=C(C(=O)OCc1ccccc1)c1ccccc1)C(C)C. The van der Waals surface area contributed by atoms with Crippen molar-refractivity contribution in [2.45, 2.75) is 27.4 Å². The Morgan fingerprint density at radius 3 is 2.05 bits per heavy atom. The van der Waals surface area contributed by atoms with Crippen molar-refractivity contribution in [1.82, 2.24) is 0 Å². The van der Waals surface area contributed by atoms with Crippen molar-refractivity contribution in [1.29, 1.82) is 0 Å². The van der Waals surface area contributed by atoms with Crippen LogP contribution in [-0.4, -0.2) is 5.97 Å². The van der Waals surface area contributed by atoms with Gasteiger partial charge in [-0.15, -0.1) is 0 Å². The van der Waals surface area contributed by atoms with Crippen LogP contribution in [0.1, 0.15) is 31.9 Å². The van der Waals surface area contributed by atoms with E-state index in [9.17, 15) is 4.79 Å². The maximum absolute atomic E-state index is 12.6. The second-order valence-corrected chi connectivity index (χ2v) is 5.64. The monoisotopic (exact) mass is 294 g/mol. The molecule has 0 fully saturated rings. The first-order chi connectivity index (χ1) is 10.6. The molecule has 22 heavy (non-hydrogen) atoms. The molecule has 2 nitrogen and oxygen atoms in total. The number of ether oxygens (including phenoxy) is 1. The van der Waals surface area contributed by atoms with Crippen LogP contribution >= 0.6 is 0 Å². The number of hydrogen-bond acceptors (Lipinski definition) is 2. The summed E-state index contributed by atoms with van der Waals surface area (Å²) in [5.74, 6) is 0.0285. The van der Waals surface area contributed by atoms with Crippen LogP contribution in [0, 0.1) is 5.92 Å². The molecule has 0 atom stereocenters. The predicted molar refractivity (Wildman–Crippen MR) is 90.1 cm³/mol. The molecular weight excluding hydrogens is 272 g/mol. The standard InChI is InChI=1S/C20H22O2/c1-15(2)16(3)19(18-12-8-5-9-13-18)20(21)22-14-17-10-6-4-7-11-17/h4-13,15H,14H2,1-3H3. The zero-order chi connectivity index (χ0) is 15.9. The number of benzene rings is 2. The summed E-state index contributed by atoms with van der Waals surface area (Å²) in [5, 5.41) is 0. The Balaban J connectivity index is 2.23. The maximum atomic E-state index is 12.6. The third kappa shape index (κ3) is 4.08. The quantitative estimate of drug-likeness (QED) is 0.581. The van der Waals surface area contributed by atoms with Gasteiger partial charge in [-0.2, -0.15) is 0 Å². The van der Waals surface area contributed by atoms with Crippen molar-refractivity contribution in [2.75, 3.05) is 0 Å². The molecule has 2 heteroatoms. The number of hydrogen-bond donors (Lipinski definition) is 0. The van der Waals surface area contributed by atoms with Crippen LogP contribution in [0.4, 0.5) is 0 Å². The van der Waals surface area contributed by atoms with E-state index in [4.69, 9.17) is 4.74 Å². The van der Waals surface area contributed by atoms with Gasteiger partial charge in [0.2, 0.25) is 0 Å². The van der Waals surface area contributed by atoms with Gasteiger partial charge in [0.1, 0.15) is 6.61 Å². The fraction of sp³-hybridized carbons (Fsp3) is 0.250. The molecule has 0 heterocycles. The van der Waals surface area contributed by atoms with Crippen molar-refractivity contribution in [3.63, 3.8) is 0 Å². The molecule has 0 saturated carbocycles.